The first-order valence-corrected chi connectivity index (χ1v) is 16.6. The summed E-state index contributed by atoms with van der Waals surface area (Å²) in [7, 11) is 0. The van der Waals surface area contributed by atoms with Gasteiger partial charge in [0, 0.05) is 44.3 Å². The number of rotatable bonds is 5. The summed E-state index contributed by atoms with van der Waals surface area (Å²) in [6.07, 6.45) is 0. The predicted molar refractivity (Wildman–Crippen MR) is 202 cm³/mol. The molecule has 10 aromatic rings. The molecule has 0 saturated carbocycles. The van der Waals surface area contributed by atoms with Gasteiger partial charge in [-0.1, -0.05) is 121 Å². The molecule has 50 heavy (non-hydrogen) atoms. The Morgan fingerprint density at radius 1 is 0.260 bits per heavy atom. The van der Waals surface area contributed by atoms with Crippen LogP contribution in [0.5, 0.6) is 0 Å². The number of hydrogen-bond donors (Lipinski definition) is 0. The van der Waals surface area contributed by atoms with Crippen LogP contribution in [-0.2, 0) is 0 Å². The molecule has 234 valence electrons. The Morgan fingerprint density at radius 2 is 0.700 bits per heavy atom. The Morgan fingerprint density at radius 3 is 1.34 bits per heavy atom. The van der Waals surface area contributed by atoms with E-state index in [0.717, 1.165) is 82.8 Å². The number of hydrogen-bond acceptors (Lipinski definition) is 5. The topological polar surface area (TPSA) is 65.0 Å². The quantitative estimate of drug-likeness (QED) is 0.187. The lowest BCUT2D eigenvalue weighted by Crippen LogP contribution is -2.00. The van der Waals surface area contributed by atoms with Gasteiger partial charge < -0.3 is 8.83 Å². The molecular formula is C45H27N3O2. The van der Waals surface area contributed by atoms with Gasteiger partial charge in [-0.2, -0.15) is 0 Å². The molecule has 0 amide bonds. The van der Waals surface area contributed by atoms with Crippen LogP contribution in [0.3, 0.4) is 0 Å². The lowest BCUT2D eigenvalue weighted by Gasteiger charge is -2.10. The highest BCUT2D eigenvalue weighted by molar-refractivity contribution is 6.15. The molecular weight excluding hydrogens is 615 g/mol. The van der Waals surface area contributed by atoms with Gasteiger partial charge in [0.15, 0.2) is 17.5 Å². The largest absolute Gasteiger partial charge is 0.456 e. The van der Waals surface area contributed by atoms with Crippen molar-refractivity contribution in [3.8, 4) is 56.4 Å². The third-order valence-electron chi connectivity index (χ3n) is 9.32. The van der Waals surface area contributed by atoms with Gasteiger partial charge in [0.25, 0.3) is 0 Å². The molecule has 0 aliphatic rings. The molecule has 3 aromatic heterocycles. The van der Waals surface area contributed by atoms with Gasteiger partial charge in [0.05, 0.1) is 0 Å². The maximum atomic E-state index is 6.29. The van der Waals surface area contributed by atoms with Gasteiger partial charge in [-0.3, -0.25) is 0 Å². The van der Waals surface area contributed by atoms with Crippen molar-refractivity contribution in [3.05, 3.63) is 164 Å². The molecule has 0 bridgehead atoms. The van der Waals surface area contributed by atoms with E-state index in [9.17, 15) is 0 Å². The van der Waals surface area contributed by atoms with E-state index in [2.05, 4.69) is 78.9 Å². The zero-order valence-electron chi connectivity index (χ0n) is 26.7. The van der Waals surface area contributed by atoms with Gasteiger partial charge >= 0.3 is 0 Å². The Labute approximate surface area is 287 Å². The van der Waals surface area contributed by atoms with E-state index in [0.29, 0.717) is 17.5 Å². The van der Waals surface area contributed by atoms with Gasteiger partial charge in [-0.15, -0.1) is 0 Å². The van der Waals surface area contributed by atoms with Crippen molar-refractivity contribution in [3.63, 3.8) is 0 Å². The molecule has 0 atom stereocenters. The van der Waals surface area contributed by atoms with Crippen LogP contribution in [0.25, 0.3) is 100 Å². The molecule has 3 heterocycles. The number of furan rings is 2. The second kappa shape index (κ2) is 11.4. The highest BCUT2D eigenvalue weighted by Gasteiger charge is 2.16. The minimum Gasteiger partial charge on any atom is -0.456 e. The van der Waals surface area contributed by atoms with E-state index in [1.807, 2.05) is 84.9 Å². The van der Waals surface area contributed by atoms with Crippen molar-refractivity contribution in [2.45, 2.75) is 0 Å². The van der Waals surface area contributed by atoms with E-state index in [-0.39, 0.29) is 0 Å². The summed E-state index contributed by atoms with van der Waals surface area (Å²) in [5.41, 5.74) is 10.6. The molecule has 0 spiro atoms. The average Bonchev–Trinajstić information content (AvgIpc) is 3.74. The number of aromatic nitrogens is 3. The van der Waals surface area contributed by atoms with E-state index in [1.165, 1.54) is 0 Å². The summed E-state index contributed by atoms with van der Waals surface area (Å²) in [5, 5.41) is 4.35. The van der Waals surface area contributed by atoms with Crippen LogP contribution in [0.4, 0.5) is 0 Å². The van der Waals surface area contributed by atoms with E-state index in [1.54, 1.807) is 0 Å². The first-order valence-electron chi connectivity index (χ1n) is 16.6. The molecule has 10 rings (SSSR count). The fourth-order valence-electron chi connectivity index (χ4n) is 6.83. The van der Waals surface area contributed by atoms with E-state index in [4.69, 9.17) is 23.8 Å². The normalized spacial score (nSPS) is 11.6. The van der Waals surface area contributed by atoms with Crippen molar-refractivity contribution < 1.29 is 8.83 Å². The third-order valence-corrected chi connectivity index (χ3v) is 9.32. The minimum absolute atomic E-state index is 0.632. The first-order chi connectivity index (χ1) is 24.7. The van der Waals surface area contributed by atoms with Crippen molar-refractivity contribution in [1.82, 2.24) is 15.0 Å². The Balaban J connectivity index is 1.05. The summed E-state index contributed by atoms with van der Waals surface area (Å²) in [4.78, 5) is 14.7. The van der Waals surface area contributed by atoms with Gasteiger partial charge in [-0.05, 0) is 58.7 Å². The smallest absolute Gasteiger partial charge is 0.164 e. The molecule has 7 aromatic carbocycles. The average molecular weight is 642 g/mol. The van der Waals surface area contributed by atoms with Crippen LogP contribution in [0.2, 0.25) is 0 Å². The third kappa shape index (κ3) is 4.83. The molecule has 0 aliphatic carbocycles. The summed E-state index contributed by atoms with van der Waals surface area (Å²) in [5.74, 6) is 1.92. The zero-order valence-corrected chi connectivity index (χ0v) is 26.7. The van der Waals surface area contributed by atoms with Crippen LogP contribution in [0.1, 0.15) is 0 Å². The molecule has 0 fully saturated rings. The number of fused-ring (bicyclic) bond motifs is 6. The van der Waals surface area contributed by atoms with Crippen molar-refractivity contribution in [1.29, 1.82) is 0 Å². The van der Waals surface area contributed by atoms with Gasteiger partial charge in [0.2, 0.25) is 0 Å². The van der Waals surface area contributed by atoms with Crippen LogP contribution in [0, 0.1) is 0 Å². The maximum Gasteiger partial charge on any atom is 0.164 e. The fourth-order valence-corrected chi connectivity index (χ4v) is 6.83. The molecule has 5 nitrogen and oxygen atoms in total. The van der Waals surface area contributed by atoms with Crippen molar-refractivity contribution in [2.75, 3.05) is 0 Å². The number of para-hydroxylation sites is 1. The van der Waals surface area contributed by atoms with Gasteiger partial charge in [0.1, 0.15) is 22.3 Å². The highest BCUT2D eigenvalue weighted by atomic mass is 16.3. The summed E-state index contributed by atoms with van der Waals surface area (Å²) in [6, 6.07) is 55.9. The summed E-state index contributed by atoms with van der Waals surface area (Å²) < 4.78 is 12.4. The second-order valence-electron chi connectivity index (χ2n) is 12.5. The van der Waals surface area contributed by atoms with Gasteiger partial charge in [-0.25, -0.2) is 15.0 Å². The van der Waals surface area contributed by atoms with Crippen LogP contribution in [0.15, 0.2) is 173 Å². The molecule has 0 aliphatic heterocycles. The van der Waals surface area contributed by atoms with Crippen LogP contribution in [-0.4, -0.2) is 15.0 Å². The Hall–Kier alpha value is -6.85. The predicted octanol–water partition coefficient (Wildman–Crippen LogP) is 12.0. The van der Waals surface area contributed by atoms with E-state index < -0.39 is 0 Å². The monoisotopic (exact) mass is 641 g/mol. The molecule has 0 N–H and O–H groups in total. The Bertz CT molecular complexity index is 2810. The van der Waals surface area contributed by atoms with Crippen LogP contribution >= 0.6 is 0 Å². The Kier molecular flexibility index (Phi) is 6.42. The van der Waals surface area contributed by atoms with Crippen molar-refractivity contribution in [2.24, 2.45) is 0 Å². The fraction of sp³-hybridized carbons (Fsp3) is 0. The second-order valence-corrected chi connectivity index (χ2v) is 12.5. The number of nitrogens with zero attached hydrogens (tertiary/aromatic N) is 3. The number of benzene rings is 7. The lowest BCUT2D eigenvalue weighted by molar-refractivity contribution is 0.656. The van der Waals surface area contributed by atoms with Crippen LogP contribution < -0.4 is 0 Å². The van der Waals surface area contributed by atoms with Crippen molar-refractivity contribution >= 4 is 43.9 Å². The highest BCUT2D eigenvalue weighted by Crippen LogP contribution is 2.38. The first kappa shape index (κ1) is 28.2. The SMILES string of the molecule is c1ccc(-c2nc(-c3ccccc3)nc(-c3cccc(-c4cccc(-c5ccc6oc7cc8oc9ccccc9c8cc7c6c5)c4)c3)n2)cc1. The van der Waals surface area contributed by atoms with E-state index >= 15 is 0 Å². The summed E-state index contributed by atoms with van der Waals surface area (Å²) in [6.45, 7) is 0. The molecule has 0 radical (unpaired) electrons. The standard InChI is InChI=1S/C45H27N3O2/c1-3-11-28(12-4-1)43-46-44(29-13-5-2-6-14-29)48-45(47-43)34-18-10-17-32(24-34)30-15-9-16-31(23-30)33-21-22-40-36(25-33)38-26-37-35-19-7-8-20-39(35)49-41(37)27-42(38)50-40/h1-27H. The molecule has 0 saturated heterocycles. The summed E-state index contributed by atoms with van der Waals surface area (Å²) >= 11 is 0. The zero-order chi connectivity index (χ0) is 33.0. The maximum absolute atomic E-state index is 6.29. The minimum atomic E-state index is 0.632. The molecule has 0 unspecified atom stereocenters. The lowest BCUT2D eigenvalue weighted by atomic mass is 9.97. The molecule has 5 heteroatoms.